The van der Waals surface area contributed by atoms with E-state index in [0.717, 1.165) is 5.56 Å². The van der Waals surface area contributed by atoms with Crippen LogP contribution in [0.5, 0.6) is 11.5 Å². The van der Waals surface area contributed by atoms with E-state index in [1.54, 1.807) is 45.2 Å². The number of sulfonamides is 1. The number of methoxy groups -OCH3 is 1. The molecule has 0 saturated carbocycles. The summed E-state index contributed by atoms with van der Waals surface area (Å²) in [6, 6.07) is 8.89. The second-order valence-corrected chi connectivity index (χ2v) is 9.93. The molecule has 0 saturated heterocycles. The molecule has 0 aliphatic carbocycles. The molecule has 0 aliphatic rings. The third-order valence-corrected chi connectivity index (χ3v) is 6.53. The molecule has 0 aliphatic heterocycles. The zero-order valence-corrected chi connectivity index (χ0v) is 21.1. The summed E-state index contributed by atoms with van der Waals surface area (Å²) in [6.07, 6.45) is 1.44. The van der Waals surface area contributed by atoms with Crippen molar-refractivity contribution in [2.75, 3.05) is 13.7 Å². The third-order valence-electron chi connectivity index (χ3n) is 4.49. The van der Waals surface area contributed by atoms with Crippen molar-refractivity contribution in [2.45, 2.75) is 38.6 Å². The first-order valence-electron chi connectivity index (χ1n) is 10.0. The molecule has 0 aromatic heterocycles. The van der Waals surface area contributed by atoms with Crippen molar-refractivity contribution in [3.05, 3.63) is 52.0 Å². The van der Waals surface area contributed by atoms with Gasteiger partial charge in [0.25, 0.3) is 5.91 Å². The van der Waals surface area contributed by atoms with Gasteiger partial charge in [-0.1, -0.05) is 31.5 Å². The van der Waals surface area contributed by atoms with Gasteiger partial charge in [0, 0.05) is 0 Å². The van der Waals surface area contributed by atoms with Crippen LogP contribution >= 0.6 is 15.9 Å². The average Bonchev–Trinajstić information content (AvgIpc) is 2.72. The first-order valence-corrected chi connectivity index (χ1v) is 12.3. The Labute approximate surface area is 197 Å². The summed E-state index contributed by atoms with van der Waals surface area (Å²) >= 11 is 3.42. The van der Waals surface area contributed by atoms with Gasteiger partial charge in [-0.25, -0.2) is 13.8 Å². The van der Waals surface area contributed by atoms with Crippen LogP contribution in [0.25, 0.3) is 0 Å². The summed E-state index contributed by atoms with van der Waals surface area (Å²) in [4.78, 5) is 12.8. The number of carbonyl (C=O) groups is 1. The van der Waals surface area contributed by atoms with Gasteiger partial charge in [-0.3, -0.25) is 4.79 Å². The van der Waals surface area contributed by atoms with Crippen molar-refractivity contribution >= 4 is 38.1 Å². The number of hydrogen-bond donors (Lipinski definition) is 2. The summed E-state index contributed by atoms with van der Waals surface area (Å²) in [5, 5.41) is 3.98. The molecule has 0 spiro atoms. The highest BCUT2D eigenvalue weighted by Crippen LogP contribution is 2.36. The van der Waals surface area contributed by atoms with Crippen LogP contribution in [0, 0.1) is 12.8 Å². The lowest BCUT2D eigenvalue weighted by molar-refractivity contribution is -0.123. The molecule has 0 fully saturated rings. The highest BCUT2D eigenvalue weighted by atomic mass is 79.9. The van der Waals surface area contributed by atoms with E-state index in [9.17, 15) is 13.2 Å². The summed E-state index contributed by atoms with van der Waals surface area (Å²) in [5.74, 6) is 0.219. The van der Waals surface area contributed by atoms with E-state index >= 15 is 0 Å². The normalized spacial score (nSPS) is 12.7. The highest BCUT2D eigenvalue weighted by molar-refractivity contribution is 9.10. The number of hydrogen-bond acceptors (Lipinski definition) is 6. The van der Waals surface area contributed by atoms with Crippen LogP contribution in [0.4, 0.5) is 0 Å². The second-order valence-electron chi connectivity index (χ2n) is 7.36. The minimum atomic E-state index is -3.87. The maximum Gasteiger partial charge on any atom is 0.258 e. The van der Waals surface area contributed by atoms with Crippen LogP contribution in [-0.4, -0.2) is 40.3 Å². The van der Waals surface area contributed by atoms with E-state index in [0.29, 0.717) is 28.1 Å². The van der Waals surface area contributed by atoms with Gasteiger partial charge in [0.2, 0.25) is 10.0 Å². The van der Waals surface area contributed by atoms with E-state index in [1.807, 2.05) is 13.8 Å². The Morgan fingerprint density at radius 1 is 1.22 bits per heavy atom. The Bertz CT molecular complexity index is 1070. The van der Waals surface area contributed by atoms with Crippen molar-refractivity contribution in [3.8, 4) is 11.5 Å². The molecule has 0 unspecified atom stereocenters. The standard InChI is InChI=1S/C22H28BrN3O5S/c1-6-31-19-12-16(11-18(23)21(19)30-5)13-24-25-22(27)20(14(2)3)26-32(28,29)17-9-7-15(4)8-10-17/h7-14,20,26H,6H2,1-5H3,(H,25,27)/b24-13-/t20-/m0/s1. The highest BCUT2D eigenvalue weighted by Gasteiger charge is 2.28. The quantitative estimate of drug-likeness (QED) is 0.364. The zero-order valence-electron chi connectivity index (χ0n) is 18.7. The molecule has 2 aromatic rings. The predicted octanol–water partition coefficient (Wildman–Crippen LogP) is 3.62. The summed E-state index contributed by atoms with van der Waals surface area (Å²) in [5.41, 5.74) is 4.01. The van der Waals surface area contributed by atoms with Gasteiger partial charge in [0.15, 0.2) is 11.5 Å². The van der Waals surface area contributed by atoms with Crippen molar-refractivity contribution in [1.82, 2.24) is 10.1 Å². The maximum absolute atomic E-state index is 12.7. The predicted molar refractivity (Wildman–Crippen MR) is 128 cm³/mol. The van der Waals surface area contributed by atoms with Gasteiger partial charge in [0.05, 0.1) is 29.3 Å². The molecule has 1 amide bonds. The van der Waals surface area contributed by atoms with Crippen molar-refractivity contribution in [1.29, 1.82) is 0 Å². The molecular weight excluding hydrogens is 498 g/mol. The number of amides is 1. The number of nitrogens with one attached hydrogen (secondary N) is 2. The smallest absolute Gasteiger partial charge is 0.258 e. The Kier molecular flexibility index (Phi) is 9.23. The molecule has 174 valence electrons. The minimum absolute atomic E-state index is 0.0941. The molecule has 1 atom stereocenters. The van der Waals surface area contributed by atoms with Gasteiger partial charge >= 0.3 is 0 Å². The number of aryl methyl sites for hydroxylation is 1. The Balaban J connectivity index is 2.15. The van der Waals surface area contributed by atoms with Gasteiger partial charge < -0.3 is 9.47 Å². The average molecular weight is 526 g/mol. The maximum atomic E-state index is 12.7. The van der Waals surface area contributed by atoms with E-state index in [1.165, 1.54) is 18.3 Å². The Morgan fingerprint density at radius 2 is 1.88 bits per heavy atom. The van der Waals surface area contributed by atoms with E-state index in [4.69, 9.17) is 9.47 Å². The zero-order chi connectivity index (χ0) is 23.9. The van der Waals surface area contributed by atoms with Crippen molar-refractivity contribution < 1.29 is 22.7 Å². The van der Waals surface area contributed by atoms with Gasteiger partial charge in [-0.2, -0.15) is 9.82 Å². The number of ether oxygens (including phenoxy) is 2. The van der Waals surface area contributed by atoms with Crippen LogP contribution in [0.3, 0.4) is 0 Å². The molecule has 10 heteroatoms. The molecule has 2 N–H and O–H groups in total. The number of hydrazone groups is 1. The van der Waals surface area contributed by atoms with E-state index in [-0.39, 0.29) is 10.8 Å². The van der Waals surface area contributed by atoms with E-state index in [2.05, 4.69) is 31.2 Å². The Hall–Kier alpha value is -2.43. The fourth-order valence-electron chi connectivity index (χ4n) is 2.81. The summed E-state index contributed by atoms with van der Waals surface area (Å²) in [7, 11) is -2.33. The molecule has 0 bridgehead atoms. The topological polar surface area (TPSA) is 106 Å². The van der Waals surface area contributed by atoms with Crippen LogP contribution in [0.15, 0.2) is 50.9 Å². The molecule has 0 radical (unpaired) electrons. The van der Waals surface area contributed by atoms with Crippen molar-refractivity contribution in [3.63, 3.8) is 0 Å². The third kappa shape index (κ3) is 6.78. The number of carbonyl (C=O) groups excluding carboxylic acids is 1. The van der Waals surface area contributed by atoms with Crippen molar-refractivity contribution in [2.24, 2.45) is 11.0 Å². The molecule has 32 heavy (non-hydrogen) atoms. The number of nitrogens with zero attached hydrogens (tertiary/aromatic N) is 1. The monoisotopic (exact) mass is 525 g/mol. The summed E-state index contributed by atoms with van der Waals surface area (Å²) < 4.78 is 39.4. The molecule has 2 aromatic carbocycles. The van der Waals surface area contributed by atoms with Crippen LogP contribution < -0.4 is 19.6 Å². The minimum Gasteiger partial charge on any atom is -0.492 e. The lowest BCUT2D eigenvalue weighted by atomic mass is 10.1. The van der Waals surface area contributed by atoms with Crippen LogP contribution in [0.1, 0.15) is 31.9 Å². The van der Waals surface area contributed by atoms with Gasteiger partial charge in [-0.05, 0) is 65.5 Å². The number of rotatable bonds is 10. The molecule has 0 heterocycles. The summed E-state index contributed by atoms with van der Waals surface area (Å²) in [6.45, 7) is 7.68. The number of benzene rings is 2. The molecule has 8 nitrogen and oxygen atoms in total. The fraction of sp³-hybridized carbons (Fsp3) is 0.364. The molecular formula is C22H28BrN3O5S. The second kappa shape index (κ2) is 11.4. The van der Waals surface area contributed by atoms with Crippen LogP contribution in [0.2, 0.25) is 0 Å². The number of halogens is 1. The Morgan fingerprint density at radius 3 is 2.44 bits per heavy atom. The molecule has 2 rings (SSSR count). The van der Waals surface area contributed by atoms with Gasteiger partial charge in [0.1, 0.15) is 6.04 Å². The fourth-order valence-corrected chi connectivity index (χ4v) is 4.77. The first kappa shape index (κ1) is 25.8. The lowest BCUT2D eigenvalue weighted by Crippen LogP contribution is -2.48. The SMILES string of the molecule is CCOc1cc(/C=N\NC(=O)[C@@H](NS(=O)(=O)c2ccc(C)cc2)C(C)C)cc(Br)c1OC. The van der Waals surface area contributed by atoms with Crippen LogP contribution in [-0.2, 0) is 14.8 Å². The van der Waals surface area contributed by atoms with Gasteiger partial charge in [-0.15, -0.1) is 0 Å². The van der Waals surface area contributed by atoms with E-state index < -0.39 is 22.0 Å². The largest absolute Gasteiger partial charge is 0.492 e. The first-order chi connectivity index (χ1) is 15.1. The lowest BCUT2D eigenvalue weighted by Gasteiger charge is -2.20.